The minimum atomic E-state index is -0.285. The minimum absolute atomic E-state index is 0.154. The molecule has 0 aliphatic heterocycles. The zero-order valence-corrected chi connectivity index (χ0v) is 20.0. The number of aryl methyl sites for hydroxylation is 2. The Hall–Kier alpha value is -2.83. The van der Waals surface area contributed by atoms with Crippen molar-refractivity contribution in [2.24, 2.45) is 7.05 Å². The first kappa shape index (κ1) is 22.4. The highest BCUT2D eigenvalue weighted by molar-refractivity contribution is 7.99. The molecule has 0 radical (unpaired) electrons. The van der Waals surface area contributed by atoms with Gasteiger partial charge in [-0.2, -0.15) is 5.26 Å². The second-order valence-electron chi connectivity index (χ2n) is 7.79. The summed E-state index contributed by atoms with van der Waals surface area (Å²) < 4.78 is 7.91. The first-order valence-corrected chi connectivity index (χ1v) is 12.4. The number of hydrogen-bond donors (Lipinski definition) is 1. The van der Waals surface area contributed by atoms with Crippen LogP contribution in [0.4, 0.5) is 5.00 Å². The summed E-state index contributed by atoms with van der Waals surface area (Å²) in [4.78, 5) is 13.8. The molecule has 166 valence electrons. The molecular weight excluding hydrogens is 442 g/mol. The van der Waals surface area contributed by atoms with Crippen LogP contribution in [0.5, 0.6) is 5.75 Å². The van der Waals surface area contributed by atoms with Crippen molar-refractivity contribution >= 4 is 34.0 Å². The molecule has 2 heterocycles. The van der Waals surface area contributed by atoms with E-state index in [1.54, 1.807) is 0 Å². The summed E-state index contributed by atoms with van der Waals surface area (Å²) in [6, 6.07) is 10.1. The average molecular weight is 468 g/mol. The van der Waals surface area contributed by atoms with Gasteiger partial charge < -0.3 is 14.6 Å². The van der Waals surface area contributed by atoms with Gasteiger partial charge in [0.15, 0.2) is 17.1 Å². The van der Waals surface area contributed by atoms with Gasteiger partial charge in [0.25, 0.3) is 0 Å². The van der Waals surface area contributed by atoms with Crippen LogP contribution in [0, 0.1) is 18.3 Å². The number of para-hydroxylation sites is 1. The van der Waals surface area contributed by atoms with E-state index in [0.29, 0.717) is 21.5 Å². The number of rotatable bonds is 7. The van der Waals surface area contributed by atoms with E-state index in [9.17, 15) is 10.1 Å². The number of benzene rings is 1. The fraction of sp³-hybridized carbons (Fsp3) is 0.391. The number of ether oxygens (including phenoxy) is 1. The zero-order valence-electron chi connectivity index (χ0n) is 18.3. The van der Waals surface area contributed by atoms with E-state index in [1.807, 2.05) is 49.7 Å². The summed E-state index contributed by atoms with van der Waals surface area (Å²) in [7, 11) is 1.87. The quantitative estimate of drug-likeness (QED) is 0.502. The van der Waals surface area contributed by atoms with Gasteiger partial charge in [-0.05, 0) is 56.7 Å². The molecule has 1 unspecified atom stereocenters. The number of carbonyl (C=O) groups is 1. The third-order valence-corrected chi connectivity index (χ3v) is 7.73. The molecule has 1 atom stereocenters. The number of nitriles is 1. The summed E-state index contributed by atoms with van der Waals surface area (Å²) >= 11 is 2.85. The second kappa shape index (κ2) is 9.76. The van der Waals surface area contributed by atoms with Gasteiger partial charge >= 0.3 is 0 Å². The Morgan fingerprint density at radius 3 is 2.91 bits per heavy atom. The molecule has 1 N–H and O–H groups in total. The van der Waals surface area contributed by atoms with Crippen molar-refractivity contribution in [2.45, 2.75) is 50.8 Å². The van der Waals surface area contributed by atoms with Gasteiger partial charge in [0.2, 0.25) is 5.91 Å². The molecule has 7 nitrogen and oxygen atoms in total. The number of thioether (sulfide) groups is 1. The number of amides is 1. The third-order valence-electron chi connectivity index (χ3n) is 5.50. The van der Waals surface area contributed by atoms with Crippen LogP contribution in [0.1, 0.15) is 53.3 Å². The molecule has 32 heavy (non-hydrogen) atoms. The Balaban J connectivity index is 1.38. The first-order valence-electron chi connectivity index (χ1n) is 10.6. The maximum atomic E-state index is 12.6. The lowest BCUT2D eigenvalue weighted by molar-refractivity contribution is -0.113. The second-order valence-corrected chi connectivity index (χ2v) is 9.84. The molecule has 1 aliphatic rings. The van der Waals surface area contributed by atoms with Crippen molar-refractivity contribution < 1.29 is 9.53 Å². The first-order chi connectivity index (χ1) is 15.5. The van der Waals surface area contributed by atoms with Crippen molar-refractivity contribution in [1.82, 2.24) is 14.8 Å². The number of aromatic nitrogens is 3. The van der Waals surface area contributed by atoms with Gasteiger partial charge in [-0.25, -0.2) is 0 Å². The van der Waals surface area contributed by atoms with E-state index in [4.69, 9.17) is 4.74 Å². The topological polar surface area (TPSA) is 92.8 Å². The molecule has 0 bridgehead atoms. The van der Waals surface area contributed by atoms with Gasteiger partial charge in [-0.1, -0.05) is 30.0 Å². The van der Waals surface area contributed by atoms with Crippen LogP contribution in [0.15, 0.2) is 29.4 Å². The predicted molar refractivity (Wildman–Crippen MR) is 126 cm³/mol. The van der Waals surface area contributed by atoms with E-state index in [2.05, 4.69) is 21.6 Å². The standard InChI is InChI=1S/C23H25N5O2S2/c1-14-8-4-6-10-18(14)30-15(2)21-26-27-23(28(21)3)31-13-20(29)25-22-17(12-24)16-9-5-7-11-19(16)32-22/h4,6,8,10,15H,5,7,9,11,13H2,1-3H3,(H,25,29). The fourth-order valence-electron chi connectivity index (χ4n) is 3.80. The fourth-order valence-corrected chi connectivity index (χ4v) is 5.78. The number of nitrogens with one attached hydrogen (secondary N) is 1. The SMILES string of the molecule is Cc1ccccc1OC(C)c1nnc(SCC(=O)Nc2sc3c(c2C#N)CCCC3)n1C. The Morgan fingerprint density at radius 1 is 1.34 bits per heavy atom. The number of nitrogens with zero attached hydrogens (tertiary/aromatic N) is 4. The average Bonchev–Trinajstić information content (AvgIpc) is 3.33. The Kier molecular flexibility index (Phi) is 6.82. The van der Waals surface area contributed by atoms with Crippen LogP contribution in [0.3, 0.4) is 0 Å². The highest BCUT2D eigenvalue weighted by Crippen LogP contribution is 2.37. The van der Waals surface area contributed by atoms with E-state index < -0.39 is 0 Å². The van der Waals surface area contributed by atoms with E-state index in [-0.39, 0.29) is 17.8 Å². The van der Waals surface area contributed by atoms with Crippen molar-refractivity contribution in [3.63, 3.8) is 0 Å². The Morgan fingerprint density at radius 2 is 2.12 bits per heavy atom. The normalized spacial score (nSPS) is 13.8. The zero-order chi connectivity index (χ0) is 22.7. The summed E-state index contributed by atoms with van der Waals surface area (Å²) in [5.74, 6) is 1.53. The van der Waals surface area contributed by atoms with Crippen LogP contribution >= 0.6 is 23.1 Å². The maximum absolute atomic E-state index is 12.6. The minimum Gasteiger partial charge on any atom is -0.482 e. The molecule has 0 spiro atoms. The smallest absolute Gasteiger partial charge is 0.235 e. The van der Waals surface area contributed by atoms with Crippen LogP contribution in [-0.4, -0.2) is 26.4 Å². The predicted octanol–water partition coefficient (Wildman–Crippen LogP) is 4.81. The Labute approximate surface area is 195 Å². The van der Waals surface area contributed by atoms with E-state index >= 15 is 0 Å². The summed E-state index contributed by atoms with van der Waals surface area (Å²) in [6.45, 7) is 3.93. The molecule has 4 rings (SSSR count). The molecule has 0 saturated heterocycles. The molecular formula is C23H25N5O2S2. The molecule has 2 aromatic heterocycles. The van der Waals surface area contributed by atoms with E-state index in [1.165, 1.54) is 28.0 Å². The molecule has 1 aromatic carbocycles. The third kappa shape index (κ3) is 4.66. The molecule has 0 saturated carbocycles. The molecule has 0 fully saturated rings. The van der Waals surface area contributed by atoms with Gasteiger partial charge in [0.1, 0.15) is 16.8 Å². The number of anilines is 1. The number of fused-ring (bicyclic) bond motifs is 1. The number of thiophene rings is 1. The molecule has 9 heteroatoms. The van der Waals surface area contributed by atoms with Gasteiger partial charge in [-0.15, -0.1) is 21.5 Å². The highest BCUT2D eigenvalue weighted by Gasteiger charge is 2.23. The van der Waals surface area contributed by atoms with Crippen molar-refractivity contribution in [3.05, 3.63) is 51.7 Å². The number of carbonyl (C=O) groups excluding carboxylic acids is 1. The van der Waals surface area contributed by atoms with Gasteiger partial charge in [0.05, 0.1) is 11.3 Å². The maximum Gasteiger partial charge on any atom is 0.235 e. The Bertz CT molecular complexity index is 1180. The van der Waals surface area contributed by atoms with Crippen molar-refractivity contribution in [2.75, 3.05) is 11.1 Å². The van der Waals surface area contributed by atoms with Crippen LogP contribution in [0.2, 0.25) is 0 Å². The van der Waals surface area contributed by atoms with Crippen molar-refractivity contribution in [1.29, 1.82) is 5.26 Å². The van der Waals surface area contributed by atoms with E-state index in [0.717, 1.165) is 42.6 Å². The van der Waals surface area contributed by atoms with Gasteiger partial charge in [0, 0.05) is 11.9 Å². The summed E-state index contributed by atoms with van der Waals surface area (Å²) in [6.07, 6.45) is 3.87. The summed E-state index contributed by atoms with van der Waals surface area (Å²) in [5, 5.41) is 22.3. The molecule has 1 amide bonds. The number of hydrogen-bond acceptors (Lipinski definition) is 7. The lowest BCUT2D eigenvalue weighted by Gasteiger charge is -2.15. The highest BCUT2D eigenvalue weighted by atomic mass is 32.2. The van der Waals surface area contributed by atoms with Gasteiger partial charge in [-0.3, -0.25) is 4.79 Å². The molecule has 1 aliphatic carbocycles. The van der Waals surface area contributed by atoms with Crippen LogP contribution in [-0.2, 0) is 24.7 Å². The lowest BCUT2D eigenvalue weighted by Crippen LogP contribution is -2.15. The largest absolute Gasteiger partial charge is 0.482 e. The van der Waals surface area contributed by atoms with Crippen LogP contribution < -0.4 is 10.1 Å². The lowest BCUT2D eigenvalue weighted by atomic mass is 9.96. The van der Waals surface area contributed by atoms with Crippen molar-refractivity contribution in [3.8, 4) is 11.8 Å². The summed E-state index contributed by atoms with van der Waals surface area (Å²) in [5.41, 5.74) is 2.80. The monoisotopic (exact) mass is 467 g/mol. The van der Waals surface area contributed by atoms with Crippen LogP contribution in [0.25, 0.3) is 0 Å². The molecule has 3 aromatic rings.